The average molecular weight is 313 g/mol. The third-order valence-electron chi connectivity index (χ3n) is 6.09. The molecule has 0 heterocycles. The van der Waals surface area contributed by atoms with Gasteiger partial charge in [-0.1, -0.05) is 12.1 Å². The maximum Gasteiger partial charge on any atom is 0.307 e. The fourth-order valence-corrected chi connectivity index (χ4v) is 5.53. The van der Waals surface area contributed by atoms with Crippen LogP contribution in [0.2, 0.25) is 0 Å². The first kappa shape index (κ1) is 14.7. The van der Waals surface area contributed by atoms with Crippen molar-refractivity contribution in [3.05, 3.63) is 29.8 Å². The van der Waals surface area contributed by atoms with Crippen molar-refractivity contribution < 1.29 is 14.7 Å². The van der Waals surface area contributed by atoms with E-state index in [1.54, 1.807) is 12.1 Å². The summed E-state index contributed by atoms with van der Waals surface area (Å²) in [5.74, 6) is 1.61. The number of nitrogens with one attached hydrogen (secondary N) is 1. The van der Waals surface area contributed by atoms with Crippen molar-refractivity contribution in [2.24, 2.45) is 23.2 Å². The van der Waals surface area contributed by atoms with E-state index >= 15 is 0 Å². The van der Waals surface area contributed by atoms with E-state index < -0.39 is 5.97 Å². The zero-order valence-corrected chi connectivity index (χ0v) is 13.3. The summed E-state index contributed by atoms with van der Waals surface area (Å²) in [6.45, 7) is 0. The molecular weight excluding hydrogens is 290 g/mol. The predicted molar refractivity (Wildman–Crippen MR) is 87.0 cm³/mol. The Morgan fingerprint density at radius 2 is 1.52 bits per heavy atom. The van der Waals surface area contributed by atoms with Crippen LogP contribution in [-0.2, 0) is 16.0 Å². The van der Waals surface area contributed by atoms with E-state index in [0.717, 1.165) is 48.3 Å². The van der Waals surface area contributed by atoms with Gasteiger partial charge >= 0.3 is 5.97 Å². The number of carbonyl (C=O) groups is 2. The minimum atomic E-state index is -0.838. The van der Waals surface area contributed by atoms with E-state index in [1.807, 2.05) is 12.1 Å². The molecule has 4 fully saturated rings. The van der Waals surface area contributed by atoms with Gasteiger partial charge in [-0.15, -0.1) is 0 Å². The maximum atomic E-state index is 12.9. The highest BCUT2D eigenvalue weighted by molar-refractivity contribution is 5.95. The highest BCUT2D eigenvalue weighted by Gasteiger charge is 2.54. The molecule has 23 heavy (non-hydrogen) atoms. The van der Waals surface area contributed by atoms with Crippen LogP contribution in [0.25, 0.3) is 0 Å². The molecule has 4 heteroatoms. The van der Waals surface area contributed by atoms with Gasteiger partial charge in [0.05, 0.1) is 11.8 Å². The third-order valence-corrected chi connectivity index (χ3v) is 6.09. The van der Waals surface area contributed by atoms with Crippen LogP contribution in [-0.4, -0.2) is 17.0 Å². The molecule has 1 aromatic carbocycles. The molecule has 4 aliphatic carbocycles. The Morgan fingerprint density at radius 3 is 2.00 bits per heavy atom. The number of hydrogen-bond donors (Lipinski definition) is 2. The molecule has 0 atom stereocenters. The van der Waals surface area contributed by atoms with Crippen molar-refractivity contribution in [2.75, 3.05) is 5.32 Å². The Hall–Kier alpha value is -1.84. The highest BCUT2D eigenvalue weighted by atomic mass is 16.4. The molecule has 2 N–H and O–H groups in total. The molecule has 0 spiro atoms. The number of carboxylic acid groups (broad SMARTS) is 1. The van der Waals surface area contributed by atoms with E-state index in [-0.39, 0.29) is 17.7 Å². The summed E-state index contributed by atoms with van der Waals surface area (Å²) in [6, 6.07) is 7.19. The first-order valence-electron chi connectivity index (χ1n) is 8.65. The fourth-order valence-electron chi connectivity index (χ4n) is 5.53. The molecule has 0 unspecified atom stereocenters. The lowest BCUT2D eigenvalue weighted by Crippen LogP contribution is -2.51. The fraction of sp³-hybridized carbons (Fsp3) is 0.579. The predicted octanol–water partition coefficient (Wildman–Crippen LogP) is 3.47. The highest BCUT2D eigenvalue weighted by Crippen LogP contribution is 2.60. The number of carboxylic acids is 1. The number of carbonyl (C=O) groups excluding carboxylic acids is 1. The summed E-state index contributed by atoms with van der Waals surface area (Å²) in [4.78, 5) is 23.6. The minimum Gasteiger partial charge on any atom is -0.481 e. The van der Waals surface area contributed by atoms with Gasteiger partial charge in [0.2, 0.25) is 5.91 Å². The Labute approximate surface area is 136 Å². The maximum absolute atomic E-state index is 12.9. The average Bonchev–Trinajstić information content (AvgIpc) is 2.47. The van der Waals surface area contributed by atoms with Crippen molar-refractivity contribution in [3.8, 4) is 0 Å². The molecule has 1 aromatic rings. The Balaban J connectivity index is 1.46. The number of amides is 1. The summed E-state index contributed by atoms with van der Waals surface area (Å²) < 4.78 is 0. The van der Waals surface area contributed by atoms with Crippen LogP contribution in [0.15, 0.2) is 24.3 Å². The molecule has 4 aliphatic rings. The number of hydrogen-bond acceptors (Lipinski definition) is 2. The van der Waals surface area contributed by atoms with Crippen LogP contribution < -0.4 is 5.32 Å². The van der Waals surface area contributed by atoms with Gasteiger partial charge in [0.25, 0.3) is 0 Å². The molecule has 4 saturated carbocycles. The topological polar surface area (TPSA) is 66.4 Å². The largest absolute Gasteiger partial charge is 0.481 e. The summed E-state index contributed by atoms with van der Waals surface area (Å²) in [6.07, 6.45) is 7.18. The molecule has 4 nitrogen and oxygen atoms in total. The second-order valence-electron chi connectivity index (χ2n) is 7.92. The van der Waals surface area contributed by atoms with E-state index in [2.05, 4.69) is 5.32 Å². The van der Waals surface area contributed by atoms with Gasteiger partial charge in [-0.2, -0.15) is 0 Å². The van der Waals surface area contributed by atoms with Crippen LogP contribution in [0.4, 0.5) is 5.69 Å². The Morgan fingerprint density at radius 1 is 1.00 bits per heavy atom. The van der Waals surface area contributed by atoms with Crippen molar-refractivity contribution in [3.63, 3.8) is 0 Å². The molecule has 0 saturated heterocycles. The van der Waals surface area contributed by atoms with Crippen LogP contribution in [0.1, 0.15) is 44.1 Å². The number of benzene rings is 1. The van der Waals surface area contributed by atoms with Gasteiger partial charge < -0.3 is 10.4 Å². The molecular formula is C19H23NO3. The number of rotatable bonds is 4. The number of anilines is 1. The normalized spacial score (nSPS) is 34.3. The van der Waals surface area contributed by atoms with Crippen molar-refractivity contribution in [2.45, 2.75) is 44.9 Å². The van der Waals surface area contributed by atoms with Gasteiger partial charge in [-0.05, 0) is 74.0 Å². The van der Waals surface area contributed by atoms with Crippen molar-refractivity contribution >= 4 is 17.6 Å². The quantitative estimate of drug-likeness (QED) is 0.894. The standard InChI is InChI=1S/C19H23NO3/c21-17(22)8-12-1-3-16(4-2-12)20-18(23)19-9-13-5-14(10-19)7-15(6-13)11-19/h1-4,13-15H,5-11H2,(H,20,23)(H,21,22). The lowest BCUT2D eigenvalue weighted by atomic mass is 9.49. The molecule has 0 aliphatic heterocycles. The Bertz CT molecular complexity index is 599. The molecule has 1 amide bonds. The zero-order chi connectivity index (χ0) is 16.0. The first-order valence-corrected chi connectivity index (χ1v) is 8.65. The monoisotopic (exact) mass is 313 g/mol. The Kier molecular flexibility index (Phi) is 3.43. The first-order chi connectivity index (χ1) is 11.0. The van der Waals surface area contributed by atoms with Crippen molar-refractivity contribution in [1.29, 1.82) is 0 Å². The zero-order valence-electron chi connectivity index (χ0n) is 13.3. The van der Waals surface area contributed by atoms with Gasteiger partial charge in [-0.3, -0.25) is 9.59 Å². The molecule has 122 valence electrons. The minimum absolute atomic E-state index is 0.0171. The van der Waals surface area contributed by atoms with Gasteiger partial charge in [0, 0.05) is 5.69 Å². The van der Waals surface area contributed by atoms with Gasteiger partial charge in [0.1, 0.15) is 0 Å². The summed E-state index contributed by atoms with van der Waals surface area (Å²) in [7, 11) is 0. The molecule has 0 radical (unpaired) electrons. The van der Waals surface area contributed by atoms with Gasteiger partial charge in [-0.25, -0.2) is 0 Å². The van der Waals surface area contributed by atoms with Gasteiger partial charge in [0.15, 0.2) is 0 Å². The van der Waals surface area contributed by atoms with E-state index in [0.29, 0.717) is 0 Å². The SMILES string of the molecule is O=C(O)Cc1ccc(NC(=O)C23CC4CC(CC(C4)C2)C3)cc1. The van der Waals surface area contributed by atoms with Crippen LogP contribution in [0, 0.1) is 23.2 Å². The summed E-state index contributed by atoms with van der Waals surface area (Å²) >= 11 is 0. The smallest absolute Gasteiger partial charge is 0.307 e. The number of aliphatic carboxylic acids is 1. The molecule has 4 bridgehead atoms. The summed E-state index contributed by atoms with van der Waals surface area (Å²) in [5, 5.41) is 11.9. The lowest BCUT2D eigenvalue weighted by Gasteiger charge is -2.55. The van der Waals surface area contributed by atoms with Crippen LogP contribution in [0.5, 0.6) is 0 Å². The van der Waals surface area contributed by atoms with Crippen LogP contribution >= 0.6 is 0 Å². The van der Waals surface area contributed by atoms with Crippen molar-refractivity contribution in [1.82, 2.24) is 0 Å². The lowest BCUT2D eigenvalue weighted by molar-refractivity contribution is -0.140. The second-order valence-corrected chi connectivity index (χ2v) is 7.92. The van der Waals surface area contributed by atoms with Crippen LogP contribution in [0.3, 0.4) is 0 Å². The molecule has 0 aromatic heterocycles. The molecule has 5 rings (SSSR count). The van der Waals surface area contributed by atoms with E-state index in [1.165, 1.54) is 19.3 Å². The van der Waals surface area contributed by atoms with E-state index in [4.69, 9.17) is 5.11 Å². The summed E-state index contributed by atoms with van der Waals surface area (Å²) in [5.41, 5.74) is 1.39. The van der Waals surface area contributed by atoms with E-state index in [9.17, 15) is 9.59 Å². The second kappa shape index (κ2) is 5.36. The third kappa shape index (κ3) is 2.75.